The summed E-state index contributed by atoms with van der Waals surface area (Å²) < 4.78 is 43.1. The molecule has 0 saturated heterocycles. The van der Waals surface area contributed by atoms with Gasteiger partial charge in [-0.25, -0.2) is 0 Å². The first-order valence-electron chi connectivity index (χ1n) is 7.78. The van der Waals surface area contributed by atoms with Gasteiger partial charge in [-0.15, -0.1) is 24.0 Å². The van der Waals surface area contributed by atoms with Crippen molar-refractivity contribution in [2.24, 2.45) is 4.99 Å². The summed E-state index contributed by atoms with van der Waals surface area (Å²) in [6, 6.07) is 5.20. The van der Waals surface area contributed by atoms with Crippen LogP contribution in [0.3, 0.4) is 0 Å². The summed E-state index contributed by atoms with van der Waals surface area (Å²) >= 11 is 0. The SMILES string of the molecule is CN=C(NCCCc1nc(C)no1)NCc1cccc(C(F)(F)F)c1.I. The topological polar surface area (TPSA) is 75.3 Å². The van der Waals surface area contributed by atoms with Gasteiger partial charge in [0.2, 0.25) is 5.89 Å². The van der Waals surface area contributed by atoms with E-state index in [0.717, 1.165) is 18.6 Å². The number of hydrogen-bond donors (Lipinski definition) is 2. The minimum Gasteiger partial charge on any atom is -0.356 e. The molecule has 0 saturated carbocycles. The number of alkyl halides is 3. The summed E-state index contributed by atoms with van der Waals surface area (Å²) in [7, 11) is 1.60. The van der Waals surface area contributed by atoms with Crippen LogP contribution < -0.4 is 10.6 Å². The average molecular weight is 483 g/mol. The second kappa shape index (κ2) is 10.3. The summed E-state index contributed by atoms with van der Waals surface area (Å²) in [5.41, 5.74) is -0.135. The number of aryl methyl sites for hydroxylation is 2. The molecule has 1 heterocycles. The van der Waals surface area contributed by atoms with E-state index in [0.29, 0.717) is 36.2 Å². The molecule has 10 heteroatoms. The Hall–Kier alpha value is -1.85. The third-order valence-electron chi connectivity index (χ3n) is 3.37. The lowest BCUT2D eigenvalue weighted by Crippen LogP contribution is -2.37. The minimum atomic E-state index is -4.34. The van der Waals surface area contributed by atoms with Gasteiger partial charge in [-0.1, -0.05) is 17.3 Å². The lowest BCUT2D eigenvalue weighted by atomic mass is 10.1. The van der Waals surface area contributed by atoms with Crippen molar-refractivity contribution in [3.63, 3.8) is 0 Å². The van der Waals surface area contributed by atoms with Crippen LogP contribution in [0.1, 0.15) is 29.3 Å². The number of guanidine groups is 1. The Morgan fingerprint density at radius 2 is 2.04 bits per heavy atom. The third kappa shape index (κ3) is 7.18. The van der Waals surface area contributed by atoms with Gasteiger partial charge in [0.1, 0.15) is 0 Å². The Bertz CT molecular complexity index is 718. The summed E-state index contributed by atoms with van der Waals surface area (Å²) in [5.74, 6) is 1.69. The molecule has 0 aliphatic rings. The monoisotopic (exact) mass is 483 g/mol. The van der Waals surface area contributed by atoms with Gasteiger partial charge >= 0.3 is 6.18 Å². The number of nitrogens with zero attached hydrogens (tertiary/aromatic N) is 3. The van der Waals surface area contributed by atoms with Crippen LogP contribution >= 0.6 is 24.0 Å². The van der Waals surface area contributed by atoms with E-state index in [-0.39, 0.29) is 30.5 Å². The van der Waals surface area contributed by atoms with Crippen molar-refractivity contribution in [2.75, 3.05) is 13.6 Å². The van der Waals surface area contributed by atoms with Gasteiger partial charge < -0.3 is 15.2 Å². The average Bonchev–Trinajstić information content (AvgIpc) is 2.99. The van der Waals surface area contributed by atoms with Crippen LogP contribution in [0, 0.1) is 6.92 Å². The molecule has 144 valence electrons. The van der Waals surface area contributed by atoms with Crippen molar-refractivity contribution in [1.82, 2.24) is 20.8 Å². The van der Waals surface area contributed by atoms with E-state index in [1.54, 1.807) is 20.0 Å². The van der Waals surface area contributed by atoms with E-state index in [1.165, 1.54) is 6.07 Å². The first-order chi connectivity index (χ1) is 11.9. The number of halogens is 4. The zero-order valence-electron chi connectivity index (χ0n) is 14.4. The van der Waals surface area contributed by atoms with E-state index < -0.39 is 11.7 Å². The summed E-state index contributed by atoms with van der Waals surface area (Å²) in [4.78, 5) is 8.15. The van der Waals surface area contributed by atoms with Crippen LogP contribution in [0.4, 0.5) is 13.2 Å². The molecular weight excluding hydrogens is 462 g/mol. The van der Waals surface area contributed by atoms with Gasteiger partial charge in [0.15, 0.2) is 11.8 Å². The molecule has 6 nitrogen and oxygen atoms in total. The van der Waals surface area contributed by atoms with Crippen molar-refractivity contribution in [3.05, 3.63) is 47.1 Å². The zero-order valence-corrected chi connectivity index (χ0v) is 16.8. The summed E-state index contributed by atoms with van der Waals surface area (Å²) in [6.45, 7) is 2.61. The molecule has 0 amide bonds. The third-order valence-corrected chi connectivity index (χ3v) is 3.37. The van der Waals surface area contributed by atoms with E-state index >= 15 is 0 Å². The van der Waals surface area contributed by atoms with Crippen LogP contribution in [-0.4, -0.2) is 29.7 Å². The van der Waals surface area contributed by atoms with Gasteiger partial charge in [0.25, 0.3) is 0 Å². The quantitative estimate of drug-likeness (QED) is 0.286. The van der Waals surface area contributed by atoms with Crippen molar-refractivity contribution < 1.29 is 17.7 Å². The van der Waals surface area contributed by atoms with Crippen molar-refractivity contribution in [3.8, 4) is 0 Å². The number of nitrogens with one attached hydrogen (secondary N) is 2. The summed E-state index contributed by atoms with van der Waals surface area (Å²) in [6.07, 6.45) is -2.95. The standard InChI is InChI=1S/C16H20F3N5O.HI/c1-11-23-14(25-24-11)7-4-8-21-15(20-2)22-10-12-5-3-6-13(9-12)16(17,18)19;/h3,5-6,9H,4,7-8,10H2,1-2H3,(H2,20,21,22);1H. The molecule has 2 rings (SSSR count). The Labute approximate surface area is 166 Å². The van der Waals surface area contributed by atoms with Crippen LogP contribution in [-0.2, 0) is 19.1 Å². The molecule has 0 unspecified atom stereocenters. The maximum Gasteiger partial charge on any atom is 0.416 e. The van der Waals surface area contributed by atoms with Crippen LogP contribution in [0.25, 0.3) is 0 Å². The molecule has 0 fully saturated rings. The minimum absolute atomic E-state index is 0. The largest absolute Gasteiger partial charge is 0.416 e. The van der Waals surface area contributed by atoms with Gasteiger partial charge in [0.05, 0.1) is 5.56 Å². The van der Waals surface area contributed by atoms with Crippen LogP contribution in [0.5, 0.6) is 0 Å². The molecule has 0 radical (unpaired) electrons. The first-order valence-corrected chi connectivity index (χ1v) is 7.78. The summed E-state index contributed by atoms with van der Waals surface area (Å²) in [5, 5.41) is 9.79. The Kier molecular flexibility index (Phi) is 8.82. The maximum atomic E-state index is 12.7. The van der Waals surface area contributed by atoms with E-state index in [2.05, 4.69) is 25.8 Å². The molecule has 0 atom stereocenters. The smallest absolute Gasteiger partial charge is 0.356 e. The Morgan fingerprint density at radius 3 is 2.65 bits per heavy atom. The maximum absolute atomic E-state index is 12.7. The molecule has 2 aromatic rings. The molecule has 1 aromatic heterocycles. The molecular formula is C16H21F3IN5O. The molecule has 2 N–H and O–H groups in total. The highest BCUT2D eigenvalue weighted by atomic mass is 127. The lowest BCUT2D eigenvalue weighted by Gasteiger charge is -2.13. The van der Waals surface area contributed by atoms with Gasteiger partial charge in [-0.2, -0.15) is 18.2 Å². The fourth-order valence-electron chi connectivity index (χ4n) is 2.15. The highest BCUT2D eigenvalue weighted by Gasteiger charge is 2.30. The normalized spacial score (nSPS) is 11.8. The van der Waals surface area contributed by atoms with Crippen LogP contribution in [0.15, 0.2) is 33.8 Å². The van der Waals surface area contributed by atoms with Gasteiger partial charge in [0, 0.05) is 26.6 Å². The predicted molar refractivity (Wildman–Crippen MR) is 102 cm³/mol. The fraction of sp³-hybridized carbons (Fsp3) is 0.438. The highest BCUT2D eigenvalue weighted by molar-refractivity contribution is 14.0. The number of rotatable bonds is 6. The first kappa shape index (κ1) is 22.2. The predicted octanol–water partition coefficient (Wildman–Crippen LogP) is 3.31. The van der Waals surface area contributed by atoms with Crippen molar-refractivity contribution >= 4 is 29.9 Å². The van der Waals surface area contributed by atoms with E-state index in [1.807, 2.05) is 0 Å². The second-order valence-electron chi connectivity index (χ2n) is 5.39. The van der Waals surface area contributed by atoms with Gasteiger partial charge in [-0.05, 0) is 31.0 Å². The van der Waals surface area contributed by atoms with Crippen molar-refractivity contribution in [2.45, 2.75) is 32.5 Å². The fourth-order valence-corrected chi connectivity index (χ4v) is 2.15. The molecule has 1 aromatic carbocycles. The molecule has 0 aliphatic carbocycles. The Balaban J connectivity index is 0.00000338. The highest BCUT2D eigenvalue weighted by Crippen LogP contribution is 2.29. The number of aromatic nitrogens is 2. The van der Waals surface area contributed by atoms with E-state index in [4.69, 9.17) is 4.52 Å². The Morgan fingerprint density at radius 1 is 1.27 bits per heavy atom. The molecule has 0 spiro atoms. The molecule has 0 aliphatic heterocycles. The number of benzene rings is 1. The lowest BCUT2D eigenvalue weighted by molar-refractivity contribution is -0.137. The van der Waals surface area contributed by atoms with Gasteiger partial charge in [-0.3, -0.25) is 4.99 Å². The number of hydrogen-bond acceptors (Lipinski definition) is 4. The van der Waals surface area contributed by atoms with Crippen molar-refractivity contribution in [1.29, 1.82) is 0 Å². The van der Waals surface area contributed by atoms with E-state index in [9.17, 15) is 13.2 Å². The zero-order chi connectivity index (χ0) is 18.3. The second-order valence-corrected chi connectivity index (χ2v) is 5.39. The van der Waals surface area contributed by atoms with Crippen LogP contribution in [0.2, 0.25) is 0 Å². The molecule has 26 heavy (non-hydrogen) atoms. The number of aliphatic imine (C=N–C) groups is 1. The molecule has 0 bridgehead atoms.